The van der Waals surface area contributed by atoms with Crippen LogP contribution >= 0.6 is 0 Å². The summed E-state index contributed by atoms with van der Waals surface area (Å²) in [6.07, 6.45) is 9.17. The molecule has 2 aliphatic rings. The van der Waals surface area contributed by atoms with Gasteiger partial charge in [-0.15, -0.1) is 0 Å². The summed E-state index contributed by atoms with van der Waals surface area (Å²) in [5.41, 5.74) is -0.545. The Kier molecular flexibility index (Phi) is 7.85. The first kappa shape index (κ1) is 22.8. The molecule has 0 bridgehead atoms. The van der Waals surface area contributed by atoms with Crippen LogP contribution in [0.25, 0.3) is 0 Å². The van der Waals surface area contributed by atoms with Crippen LogP contribution in [0.15, 0.2) is 12.2 Å². The molecular weight excluding hydrogens is 360 g/mol. The molecule has 0 aliphatic heterocycles. The van der Waals surface area contributed by atoms with Crippen LogP contribution < -0.4 is 0 Å². The van der Waals surface area contributed by atoms with Crippen molar-refractivity contribution in [2.24, 2.45) is 11.3 Å². The molecule has 27 heavy (non-hydrogen) atoms. The van der Waals surface area contributed by atoms with Crippen LogP contribution in [0.4, 0.5) is 0 Å². The number of carbonyl (C=O) groups excluding carboxylic acids is 1. The molecule has 2 unspecified atom stereocenters. The van der Waals surface area contributed by atoms with E-state index in [-0.39, 0.29) is 30.0 Å². The van der Waals surface area contributed by atoms with Gasteiger partial charge in [0.25, 0.3) is 0 Å². The van der Waals surface area contributed by atoms with Gasteiger partial charge in [-0.05, 0) is 43.3 Å². The Morgan fingerprint density at radius 2 is 1.96 bits per heavy atom. The van der Waals surface area contributed by atoms with E-state index in [1.54, 1.807) is 7.11 Å². The van der Waals surface area contributed by atoms with Crippen molar-refractivity contribution in [1.82, 2.24) is 0 Å². The van der Waals surface area contributed by atoms with E-state index >= 15 is 0 Å². The Bertz CT molecular complexity index is 513. The Hall–Kier alpha value is -0.533. The van der Waals surface area contributed by atoms with Crippen LogP contribution in [-0.4, -0.2) is 53.9 Å². The van der Waals surface area contributed by atoms with Crippen LogP contribution in [0.1, 0.15) is 46.5 Å². The van der Waals surface area contributed by atoms with Crippen LogP contribution in [0.2, 0.25) is 18.1 Å². The molecule has 0 amide bonds. The van der Waals surface area contributed by atoms with Crippen LogP contribution in [0, 0.1) is 11.3 Å². The van der Waals surface area contributed by atoms with Crippen molar-refractivity contribution >= 4 is 14.6 Å². The van der Waals surface area contributed by atoms with E-state index in [0.29, 0.717) is 13.2 Å². The Morgan fingerprint density at radius 1 is 1.22 bits per heavy atom. The van der Waals surface area contributed by atoms with Crippen molar-refractivity contribution < 1.29 is 23.4 Å². The van der Waals surface area contributed by atoms with E-state index in [1.165, 1.54) is 0 Å². The Labute approximate surface area is 165 Å². The molecule has 0 N–H and O–H groups in total. The minimum atomic E-state index is -1.84. The number of fused-ring (bicyclic) bond motifs is 1. The van der Waals surface area contributed by atoms with Crippen molar-refractivity contribution in [3.8, 4) is 0 Å². The molecule has 2 rings (SSSR count). The molecule has 5 nitrogen and oxygen atoms in total. The van der Waals surface area contributed by atoms with Gasteiger partial charge in [-0.25, -0.2) is 0 Å². The minimum absolute atomic E-state index is 0.0978. The van der Waals surface area contributed by atoms with Crippen molar-refractivity contribution in [3.05, 3.63) is 12.2 Å². The highest BCUT2D eigenvalue weighted by atomic mass is 28.4. The fourth-order valence-corrected chi connectivity index (χ4v) is 5.21. The average Bonchev–Trinajstić information content (AvgIpc) is 2.60. The third-order valence-corrected chi connectivity index (χ3v) is 11.1. The molecule has 156 valence electrons. The van der Waals surface area contributed by atoms with Gasteiger partial charge in [-0.2, -0.15) is 0 Å². The highest BCUT2D eigenvalue weighted by molar-refractivity contribution is 6.74. The van der Waals surface area contributed by atoms with Gasteiger partial charge in [0.1, 0.15) is 13.1 Å². The third kappa shape index (κ3) is 5.29. The van der Waals surface area contributed by atoms with E-state index in [4.69, 9.17) is 18.6 Å². The lowest BCUT2D eigenvalue weighted by atomic mass is 9.61. The molecular formula is C21H38O5Si. The number of hydrogen-bond acceptors (Lipinski definition) is 5. The zero-order valence-corrected chi connectivity index (χ0v) is 19.0. The summed E-state index contributed by atoms with van der Waals surface area (Å²) < 4.78 is 23.0. The highest BCUT2D eigenvalue weighted by Gasteiger charge is 2.50. The fourth-order valence-electron chi connectivity index (χ4n) is 3.92. The van der Waals surface area contributed by atoms with Crippen molar-refractivity contribution in [2.45, 2.75) is 76.8 Å². The predicted octanol–water partition coefficient (Wildman–Crippen LogP) is 4.33. The maximum atomic E-state index is 12.2. The van der Waals surface area contributed by atoms with Gasteiger partial charge in [0.15, 0.2) is 8.32 Å². The molecule has 0 heterocycles. The lowest BCUT2D eigenvalue weighted by Gasteiger charge is -2.48. The van der Waals surface area contributed by atoms with Gasteiger partial charge in [0, 0.05) is 7.11 Å². The summed E-state index contributed by atoms with van der Waals surface area (Å²) in [5, 5.41) is 0.178. The van der Waals surface area contributed by atoms with E-state index in [9.17, 15) is 4.79 Å². The van der Waals surface area contributed by atoms with Gasteiger partial charge in [0.2, 0.25) is 0 Å². The molecule has 6 heteroatoms. The summed E-state index contributed by atoms with van der Waals surface area (Å²) in [6, 6.07) is 0. The largest absolute Gasteiger partial charge is 0.411 e. The van der Waals surface area contributed by atoms with Gasteiger partial charge < -0.3 is 23.4 Å². The molecule has 1 saturated carbocycles. The molecule has 0 aromatic heterocycles. The minimum Gasteiger partial charge on any atom is -0.411 e. The molecule has 0 saturated heterocycles. The number of carbonyl (C=O) groups is 1. The topological polar surface area (TPSA) is 54.0 Å². The van der Waals surface area contributed by atoms with E-state index < -0.39 is 13.7 Å². The van der Waals surface area contributed by atoms with Crippen LogP contribution in [0.3, 0.4) is 0 Å². The smallest absolute Gasteiger partial charge is 0.192 e. The zero-order valence-electron chi connectivity index (χ0n) is 18.0. The van der Waals surface area contributed by atoms with Crippen molar-refractivity contribution in [1.29, 1.82) is 0 Å². The molecule has 4 atom stereocenters. The highest BCUT2D eigenvalue weighted by Crippen LogP contribution is 2.49. The quantitative estimate of drug-likeness (QED) is 0.190. The second-order valence-corrected chi connectivity index (χ2v) is 14.2. The molecule has 1 fully saturated rings. The first-order chi connectivity index (χ1) is 12.7. The first-order valence-electron chi connectivity index (χ1n) is 10.2. The lowest BCUT2D eigenvalue weighted by Crippen LogP contribution is -2.51. The van der Waals surface area contributed by atoms with E-state index in [2.05, 4.69) is 46.0 Å². The third-order valence-electron chi connectivity index (χ3n) is 6.64. The fraction of sp³-hybridized carbons (Fsp3) is 0.857. The molecule has 0 aromatic rings. The molecule has 0 aromatic carbocycles. The maximum absolute atomic E-state index is 12.2. The number of aldehydes is 1. The summed E-state index contributed by atoms with van der Waals surface area (Å²) in [4.78, 5) is 12.2. The number of methoxy groups -OCH3 is 1. The summed E-state index contributed by atoms with van der Waals surface area (Å²) in [5.74, 6) is 0.271. The molecule has 0 radical (unpaired) electrons. The van der Waals surface area contributed by atoms with Crippen molar-refractivity contribution in [3.63, 3.8) is 0 Å². The summed E-state index contributed by atoms with van der Waals surface area (Å²) >= 11 is 0. The Balaban J connectivity index is 2.06. The second-order valence-electron chi connectivity index (χ2n) is 9.43. The lowest BCUT2D eigenvalue weighted by molar-refractivity contribution is -0.159. The standard InChI is InChI=1S/C21H38O5Si/c1-20(2,3)27(5,6)26-18-10-11-21(15-22)17(14-18)8-7-9-19(21)25-16-24-13-12-23-4/h10-11,15,17-19H,7-9,12-14,16H2,1-6H3/t17?,18?,19-,21+/m1/s1. The predicted molar refractivity (Wildman–Crippen MR) is 109 cm³/mol. The summed E-state index contributed by atoms with van der Waals surface area (Å²) in [7, 11) is -0.192. The van der Waals surface area contributed by atoms with Crippen LogP contribution in [-0.2, 0) is 23.4 Å². The SMILES string of the molecule is COCCOCO[C@@H]1CCCC2CC(O[Si](C)(C)C(C)(C)C)C=C[C@]21C=O. The monoisotopic (exact) mass is 398 g/mol. The van der Waals surface area contributed by atoms with Gasteiger partial charge in [-0.3, -0.25) is 0 Å². The van der Waals surface area contributed by atoms with E-state index in [0.717, 1.165) is 32.0 Å². The van der Waals surface area contributed by atoms with Gasteiger partial charge in [-0.1, -0.05) is 39.3 Å². The normalized spacial score (nSPS) is 31.6. The maximum Gasteiger partial charge on any atom is 0.192 e. The first-order valence-corrected chi connectivity index (χ1v) is 13.1. The van der Waals surface area contributed by atoms with Gasteiger partial charge in [0.05, 0.1) is 30.8 Å². The van der Waals surface area contributed by atoms with Gasteiger partial charge >= 0.3 is 0 Å². The number of ether oxygens (including phenoxy) is 3. The number of hydrogen-bond donors (Lipinski definition) is 0. The second kappa shape index (κ2) is 9.31. The van der Waals surface area contributed by atoms with Crippen LogP contribution in [0.5, 0.6) is 0 Å². The molecule has 0 spiro atoms. The van der Waals surface area contributed by atoms with Crippen molar-refractivity contribution in [2.75, 3.05) is 27.1 Å². The number of rotatable bonds is 9. The van der Waals surface area contributed by atoms with E-state index in [1.807, 2.05) is 0 Å². The molecule has 2 aliphatic carbocycles. The zero-order chi connectivity index (χ0) is 20.1. The average molecular weight is 399 g/mol. The summed E-state index contributed by atoms with van der Waals surface area (Å²) in [6.45, 7) is 12.6. The Morgan fingerprint density at radius 3 is 2.59 bits per heavy atom.